The van der Waals surface area contributed by atoms with Crippen molar-refractivity contribution in [2.75, 3.05) is 64.7 Å². The molecule has 0 saturated heterocycles. The maximum atomic E-state index is 13.6. The van der Waals surface area contributed by atoms with Crippen LogP contribution in [0.5, 0.6) is 5.75 Å². The fraction of sp³-hybridized carbons (Fsp3) is 0.419. The maximum Gasteiger partial charge on any atom is 0.514 e. The fourth-order valence-electron chi connectivity index (χ4n) is 6.08. The van der Waals surface area contributed by atoms with E-state index in [0.717, 1.165) is 5.06 Å². The summed E-state index contributed by atoms with van der Waals surface area (Å²) in [7, 11) is 0. The zero-order valence-electron chi connectivity index (χ0n) is 35.9. The second kappa shape index (κ2) is 26.6. The number of primary amides is 1. The van der Waals surface area contributed by atoms with Gasteiger partial charge in [0, 0.05) is 36.7 Å². The van der Waals surface area contributed by atoms with Crippen LogP contribution in [0.15, 0.2) is 72.8 Å². The molecule has 3 aromatic carbocycles. The van der Waals surface area contributed by atoms with Crippen LogP contribution < -0.4 is 26.4 Å². The minimum atomic E-state index is -1.03. The number of alkyl carbamates (subject to hydrolysis) is 1. The number of carbonyl (C=O) groups is 7. The van der Waals surface area contributed by atoms with Gasteiger partial charge in [0.2, 0.25) is 5.91 Å². The van der Waals surface area contributed by atoms with Crippen molar-refractivity contribution in [1.29, 1.82) is 0 Å². The van der Waals surface area contributed by atoms with Crippen molar-refractivity contribution in [2.24, 2.45) is 17.6 Å². The van der Waals surface area contributed by atoms with Crippen LogP contribution in [0.1, 0.15) is 59.4 Å². The number of nitro benzene ring substituents is 1. The van der Waals surface area contributed by atoms with E-state index in [1.54, 1.807) is 62.4 Å². The number of imide groups is 1. The molecule has 0 fully saturated rings. The van der Waals surface area contributed by atoms with Crippen LogP contribution >= 0.6 is 0 Å². The summed E-state index contributed by atoms with van der Waals surface area (Å²) in [6.07, 6.45) is -1.61. The summed E-state index contributed by atoms with van der Waals surface area (Å²) >= 11 is 0. The molecular weight excluding hydrogens is 856 g/mol. The number of amides is 6. The Kier molecular flexibility index (Phi) is 20.7. The maximum absolute atomic E-state index is 13.6. The molecule has 4 rings (SSSR count). The van der Waals surface area contributed by atoms with Gasteiger partial charge in [0.05, 0.1) is 68.3 Å². The second-order valence-electron chi connectivity index (χ2n) is 14.5. The number of nitro groups is 1. The van der Waals surface area contributed by atoms with Crippen LogP contribution in [0.4, 0.5) is 25.8 Å². The van der Waals surface area contributed by atoms with E-state index in [4.69, 9.17) is 39.0 Å². The van der Waals surface area contributed by atoms with E-state index in [0.29, 0.717) is 17.7 Å². The van der Waals surface area contributed by atoms with E-state index in [2.05, 4.69) is 16.0 Å². The number of nitrogens with one attached hydrogen (secondary N) is 3. The van der Waals surface area contributed by atoms with Crippen molar-refractivity contribution < 1.29 is 71.7 Å². The van der Waals surface area contributed by atoms with Crippen molar-refractivity contribution in [1.82, 2.24) is 15.7 Å². The number of rotatable bonds is 28. The van der Waals surface area contributed by atoms with E-state index < -0.39 is 58.7 Å². The summed E-state index contributed by atoms with van der Waals surface area (Å²) < 4.78 is 31.6. The highest BCUT2D eigenvalue weighted by molar-refractivity contribution is 6.20. The number of hydrogen-bond donors (Lipinski definition) is 4. The van der Waals surface area contributed by atoms with E-state index >= 15 is 0 Å². The highest BCUT2D eigenvalue weighted by atomic mass is 16.7. The molecule has 0 aromatic heterocycles. The van der Waals surface area contributed by atoms with Gasteiger partial charge in [0.1, 0.15) is 19.0 Å². The molecule has 1 aliphatic heterocycles. The lowest BCUT2D eigenvalue weighted by Gasteiger charge is -2.24. The first-order valence-electron chi connectivity index (χ1n) is 20.6. The van der Waals surface area contributed by atoms with Crippen molar-refractivity contribution in [2.45, 2.75) is 45.8 Å². The van der Waals surface area contributed by atoms with Crippen molar-refractivity contribution in [3.63, 3.8) is 0 Å². The molecule has 22 nitrogen and oxygen atoms in total. The Morgan fingerprint density at radius 2 is 1.35 bits per heavy atom. The molecule has 0 aliphatic carbocycles. The lowest BCUT2D eigenvalue weighted by Crippen LogP contribution is -2.46. The molecule has 0 bridgehead atoms. The van der Waals surface area contributed by atoms with E-state index in [-0.39, 0.29) is 107 Å². The Hall–Kier alpha value is -7.01. The van der Waals surface area contributed by atoms with Crippen LogP contribution in [0, 0.1) is 22.0 Å². The highest BCUT2D eigenvalue weighted by Crippen LogP contribution is 2.23. The first kappa shape index (κ1) is 50.6. The molecule has 3 aromatic rings. The predicted molar refractivity (Wildman–Crippen MR) is 227 cm³/mol. The zero-order chi connectivity index (χ0) is 47.1. The smallest absolute Gasteiger partial charge is 0.447 e. The lowest BCUT2D eigenvalue weighted by molar-refractivity contribution is -0.384. The third-order valence-electron chi connectivity index (χ3n) is 9.37. The molecule has 0 saturated carbocycles. The number of benzene rings is 3. The molecule has 0 unspecified atom stereocenters. The van der Waals surface area contributed by atoms with Crippen LogP contribution in [0.25, 0.3) is 0 Å². The monoisotopic (exact) mass is 908 g/mol. The summed E-state index contributed by atoms with van der Waals surface area (Å²) in [6.45, 7) is 4.39. The Balaban J connectivity index is 1.12. The molecule has 1 heterocycles. The summed E-state index contributed by atoms with van der Waals surface area (Å²) in [5, 5.41) is 19.3. The van der Waals surface area contributed by atoms with Crippen molar-refractivity contribution >= 4 is 53.2 Å². The van der Waals surface area contributed by atoms with Gasteiger partial charge in [-0.25, -0.2) is 14.4 Å². The third-order valence-corrected chi connectivity index (χ3v) is 9.37. The molecule has 0 spiro atoms. The van der Waals surface area contributed by atoms with E-state index in [1.165, 1.54) is 24.3 Å². The molecule has 350 valence electrons. The molecule has 0 radical (unpaired) electrons. The number of non-ortho nitro benzene ring substituents is 1. The number of nitrogens with zero attached hydrogens (tertiary/aromatic N) is 2. The second-order valence-corrected chi connectivity index (χ2v) is 14.5. The number of fused-ring (bicyclic) bond motifs is 1. The number of urea groups is 1. The summed E-state index contributed by atoms with van der Waals surface area (Å²) in [5.74, 6) is -3.11. The Morgan fingerprint density at radius 1 is 0.769 bits per heavy atom. The van der Waals surface area contributed by atoms with E-state index in [1.807, 2.05) is 0 Å². The number of anilines is 1. The van der Waals surface area contributed by atoms with Gasteiger partial charge in [-0.2, -0.15) is 0 Å². The summed E-state index contributed by atoms with van der Waals surface area (Å²) in [4.78, 5) is 103. The predicted octanol–water partition coefficient (Wildman–Crippen LogP) is 4.30. The van der Waals surface area contributed by atoms with Gasteiger partial charge in [-0.1, -0.05) is 38.1 Å². The number of nitrogens with two attached hydrogens (primary N) is 1. The largest absolute Gasteiger partial charge is 0.514 e. The number of hydroxylamine groups is 2. The Bertz CT molecular complexity index is 2070. The molecule has 5 N–H and O–H groups in total. The van der Waals surface area contributed by atoms with Crippen molar-refractivity contribution in [3.8, 4) is 5.75 Å². The Labute approximate surface area is 373 Å². The van der Waals surface area contributed by atoms with Crippen LogP contribution in [-0.2, 0) is 44.7 Å². The molecule has 22 heteroatoms. The Morgan fingerprint density at radius 3 is 1.92 bits per heavy atom. The number of carbonyl (C=O) groups excluding carboxylic acids is 7. The van der Waals surface area contributed by atoms with Gasteiger partial charge in [0.15, 0.2) is 5.78 Å². The van der Waals surface area contributed by atoms with Gasteiger partial charge >= 0.3 is 18.3 Å². The zero-order valence-corrected chi connectivity index (χ0v) is 35.9. The van der Waals surface area contributed by atoms with Gasteiger partial charge in [-0.15, -0.1) is 5.06 Å². The summed E-state index contributed by atoms with van der Waals surface area (Å²) in [5.41, 5.74) is 6.51. The van der Waals surface area contributed by atoms with Gasteiger partial charge in [-0.05, 0) is 60.7 Å². The van der Waals surface area contributed by atoms with Gasteiger partial charge in [-0.3, -0.25) is 34.1 Å². The van der Waals surface area contributed by atoms with Crippen molar-refractivity contribution in [3.05, 3.63) is 99.6 Å². The van der Waals surface area contributed by atoms with E-state index in [9.17, 15) is 43.7 Å². The van der Waals surface area contributed by atoms with Gasteiger partial charge < -0.3 is 50.1 Å². The highest BCUT2D eigenvalue weighted by Gasteiger charge is 2.36. The quantitative estimate of drug-likeness (QED) is 0.0197. The summed E-state index contributed by atoms with van der Waals surface area (Å²) in [6, 6.07) is 15.9. The average molecular weight is 909 g/mol. The lowest BCUT2D eigenvalue weighted by atomic mass is 9.89. The molecular formula is C43H52N6O16. The SMILES string of the molecule is CC(C)[C@H](NC(=O)OCCOCCOCCOCCON1C(=O)c2ccccc2C1=O)C(=O)C[C@@H](CCCNC(N)=O)C(=O)Nc1ccc(COC(=O)Oc2ccc([N+](=O)[O-])cc2)cc1. The first-order chi connectivity index (χ1) is 31.2. The molecule has 6 amide bonds. The average Bonchev–Trinajstić information content (AvgIpc) is 3.52. The minimum Gasteiger partial charge on any atom is -0.447 e. The first-order valence-corrected chi connectivity index (χ1v) is 20.6. The normalized spacial score (nSPS) is 12.8. The third kappa shape index (κ3) is 17.2. The van der Waals surface area contributed by atoms with Crippen LogP contribution in [0.3, 0.4) is 0 Å². The minimum absolute atomic E-state index is 0.0125. The fourth-order valence-corrected chi connectivity index (χ4v) is 6.08. The standard InChI is InChI=1S/C43H52N6O16/c1-28(2)37(47-42(55)62-24-22-60-20-18-59-19-21-61-23-25-64-48-39(52)34-7-3-4-8-35(34)40(48)53)36(50)26-30(6-5-17-45-41(44)54)38(51)46-31-11-9-29(10-12-31)27-63-43(56)65-33-15-13-32(14-16-33)49(57)58/h3-4,7-16,28,30,37H,5-6,17-27H2,1-2H3,(H,46,51)(H,47,55)(H3,44,45,54)/t30-,37+/m1/s1. The van der Waals surface area contributed by atoms with Crippen LogP contribution in [-0.4, -0.2) is 117 Å². The molecule has 65 heavy (non-hydrogen) atoms. The number of ether oxygens (including phenoxy) is 6. The number of hydrogen-bond acceptors (Lipinski definition) is 16. The number of ketones is 1. The van der Waals surface area contributed by atoms with Gasteiger partial charge in [0.25, 0.3) is 17.5 Å². The van der Waals surface area contributed by atoms with Crippen LogP contribution in [0.2, 0.25) is 0 Å². The molecule has 1 aliphatic rings. The molecule has 2 atom stereocenters. The topological polar surface area (TPSA) is 293 Å². The number of Topliss-reactive ketones (excluding diaryl/α,β-unsaturated/α-hetero) is 1.